The molecule has 57 heavy (non-hydrogen) atoms. The van der Waals surface area contributed by atoms with Crippen LogP contribution < -0.4 is 0 Å². The fraction of sp³-hybridized carbons (Fsp3) is 0. The standard InChI is InChI=1S/C51H30N4OS/c1-2-12-31(13-3-1)32-14-10-15-35(28-32)55-42-20-7-4-16-36(42)40-29-33(24-26-43(40)55)49-52-50(34-25-27-47-41(30-34)37-17-6-9-23-46(37)57-47)54-51(53-49)39-19-11-22-45-48(39)38-18-5-8-21-44(38)56-45/h1-30H/i1D,2D,3D,12D,13D. The van der Waals surface area contributed by atoms with Crippen LogP contribution in [0.15, 0.2) is 186 Å². The summed E-state index contributed by atoms with van der Waals surface area (Å²) in [5.41, 5.74) is 7.43. The Bertz CT molecular complexity index is 3820. The number of nitrogens with zero attached hydrogens (tertiary/aromatic N) is 4. The number of thiophene rings is 1. The maximum absolute atomic E-state index is 8.65. The Kier molecular flexibility index (Phi) is 6.00. The van der Waals surface area contributed by atoms with Crippen molar-refractivity contribution in [2.24, 2.45) is 0 Å². The molecule has 0 fully saturated rings. The van der Waals surface area contributed by atoms with Gasteiger partial charge in [-0.3, -0.25) is 0 Å². The lowest BCUT2D eigenvalue weighted by molar-refractivity contribution is 0.669. The number of para-hydroxylation sites is 2. The van der Waals surface area contributed by atoms with Crippen molar-refractivity contribution in [1.82, 2.24) is 19.5 Å². The highest BCUT2D eigenvalue weighted by atomic mass is 32.1. The summed E-state index contributed by atoms with van der Waals surface area (Å²) in [7, 11) is 0. The van der Waals surface area contributed by atoms with Crippen LogP contribution in [0.2, 0.25) is 0 Å². The molecule has 0 aliphatic rings. The third-order valence-corrected chi connectivity index (χ3v) is 11.9. The molecule has 0 saturated carbocycles. The van der Waals surface area contributed by atoms with E-state index in [0.717, 1.165) is 71.5 Å². The normalized spacial score (nSPS) is 13.1. The smallest absolute Gasteiger partial charge is 0.164 e. The van der Waals surface area contributed by atoms with Gasteiger partial charge in [0, 0.05) is 64.1 Å². The molecule has 0 unspecified atom stereocenters. The van der Waals surface area contributed by atoms with Crippen LogP contribution in [-0.2, 0) is 0 Å². The number of benzene rings is 8. The van der Waals surface area contributed by atoms with E-state index in [0.29, 0.717) is 23.0 Å². The lowest BCUT2D eigenvalue weighted by Crippen LogP contribution is -2.00. The van der Waals surface area contributed by atoms with Gasteiger partial charge in [-0.2, -0.15) is 0 Å². The molecular formula is C51H30N4OS. The first-order chi connectivity index (χ1) is 30.3. The van der Waals surface area contributed by atoms with Crippen molar-refractivity contribution in [2.45, 2.75) is 0 Å². The molecule has 0 bridgehead atoms. The fourth-order valence-corrected chi connectivity index (χ4v) is 9.25. The van der Waals surface area contributed by atoms with E-state index in [1.54, 1.807) is 17.4 Å². The molecule has 266 valence electrons. The van der Waals surface area contributed by atoms with Crippen molar-refractivity contribution in [1.29, 1.82) is 0 Å². The van der Waals surface area contributed by atoms with Gasteiger partial charge in [-0.1, -0.05) is 109 Å². The van der Waals surface area contributed by atoms with Gasteiger partial charge in [0.15, 0.2) is 17.5 Å². The van der Waals surface area contributed by atoms with Crippen molar-refractivity contribution in [2.75, 3.05) is 0 Å². The fourth-order valence-electron chi connectivity index (χ4n) is 8.17. The zero-order chi connectivity index (χ0) is 41.8. The van der Waals surface area contributed by atoms with E-state index >= 15 is 0 Å². The largest absolute Gasteiger partial charge is 0.456 e. The van der Waals surface area contributed by atoms with Crippen LogP contribution in [0.25, 0.3) is 115 Å². The molecule has 4 heterocycles. The SMILES string of the molecule is [2H]c1c([2H])c([2H])c(-c2cccc(-n3c4ccccc4c4cc(-c5nc(-c6ccc7sc8ccccc8c7c6)nc(-c6cccc7oc8ccccc8c67)n5)ccc43)c2)c([2H])c1[2H]. The van der Waals surface area contributed by atoms with Crippen molar-refractivity contribution in [3.05, 3.63) is 182 Å². The molecule has 5 nitrogen and oxygen atoms in total. The van der Waals surface area contributed by atoms with Gasteiger partial charge in [-0.25, -0.2) is 15.0 Å². The zero-order valence-corrected chi connectivity index (χ0v) is 30.9. The minimum atomic E-state index is -0.417. The van der Waals surface area contributed by atoms with E-state index in [4.69, 9.17) is 26.2 Å². The summed E-state index contributed by atoms with van der Waals surface area (Å²) in [6.45, 7) is 0. The summed E-state index contributed by atoms with van der Waals surface area (Å²) >= 11 is 1.77. The van der Waals surface area contributed by atoms with Gasteiger partial charge in [0.1, 0.15) is 11.2 Å². The molecule has 0 aliphatic carbocycles. The molecule has 0 spiro atoms. The first kappa shape index (κ1) is 27.2. The lowest BCUT2D eigenvalue weighted by Gasteiger charge is -2.11. The van der Waals surface area contributed by atoms with Crippen molar-refractivity contribution in [3.8, 4) is 51.0 Å². The molecule has 8 aromatic carbocycles. The predicted octanol–water partition coefficient (Wildman–Crippen LogP) is 13.9. The summed E-state index contributed by atoms with van der Waals surface area (Å²) in [5, 5.41) is 6.26. The second-order valence-corrected chi connectivity index (χ2v) is 15.1. The number of fused-ring (bicyclic) bond motifs is 9. The minimum Gasteiger partial charge on any atom is -0.456 e. The first-order valence-corrected chi connectivity index (χ1v) is 19.4. The van der Waals surface area contributed by atoms with Crippen LogP contribution in [-0.4, -0.2) is 19.5 Å². The highest BCUT2D eigenvalue weighted by molar-refractivity contribution is 7.25. The van der Waals surface area contributed by atoms with Gasteiger partial charge < -0.3 is 8.98 Å². The van der Waals surface area contributed by atoms with Gasteiger partial charge in [-0.15, -0.1) is 11.3 Å². The topological polar surface area (TPSA) is 56.7 Å². The Morgan fingerprint density at radius 1 is 0.456 bits per heavy atom. The first-order valence-electron chi connectivity index (χ1n) is 21.1. The average Bonchev–Trinajstić information content (AvgIpc) is 3.99. The van der Waals surface area contributed by atoms with Crippen molar-refractivity contribution < 1.29 is 11.3 Å². The minimum absolute atomic E-state index is 0.160. The van der Waals surface area contributed by atoms with Crippen LogP contribution in [0, 0.1) is 0 Å². The molecule has 4 aromatic heterocycles. The van der Waals surface area contributed by atoms with Gasteiger partial charge in [-0.05, 0) is 83.9 Å². The van der Waals surface area contributed by atoms with Crippen molar-refractivity contribution in [3.63, 3.8) is 0 Å². The second-order valence-electron chi connectivity index (χ2n) is 14.0. The summed E-state index contributed by atoms with van der Waals surface area (Å²) in [6, 6.07) is 49.1. The molecule has 0 amide bonds. The Balaban J connectivity index is 1.07. The maximum atomic E-state index is 8.65. The van der Waals surface area contributed by atoms with E-state index in [-0.39, 0.29) is 29.7 Å². The summed E-state index contributed by atoms with van der Waals surface area (Å²) in [5.74, 6) is 1.61. The van der Waals surface area contributed by atoms with E-state index in [1.165, 1.54) is 14.8 Å². The molecule has 6 heteroatoms. The van der Waals surface area contributed by atoms with E-state index in [2.05, 4.69) is 77.4 Å². The number of hydrogen-bond acceptors (Lipinski definition) is 5. The quantitative estimate of drug-likeness (QED) is 0.176. The third-order valence-electron chi connectivity index (χ3n) is 10.7. The molecule has 0 saturated heterocycles. The highest BCUT2D eigenvalue weighted by Crippen LogP contribution is 2.40. The number of hydrogen-bond donors (Lipinski definition) is 0. The van der Waals surface area contributed by atoms with Crippen LogP contribution in [0.4, 0.5) is 0 Å². The summed E-state index contributed by atoms with van der Waals surface area (Å²) in [4.78, 5) is 15.6. The van der Waals surface area contributed by atoms with Crippen LogP contribution in [0.1, 0.15) is 6.85 Å². The van der Waals surface area contributed by atoms with E-state index < -0.39 is 6.04 Å². The van der Waals surface area contributed by atoms with Gasteiger partial charge >= 0.3 is 0 Å². The Morgan fingerprint density at radius 2 is 1.12 bits per heavy atom. The zero-order valence-electron chi connectivity index (χ0n) is 35.0. The van der Waals surface area contributed by atoms with Gasteiger partial charge in [0.25, 0.3) is 0 Å². The Morgan fingerprint density at radius 3 is 2.00 bits per heavy atom. The maximum Gasteiger partial charge on any atom is 0.164 e. The monoisotopic (exact) mass is 751 g/mol. The van der Waals surface area contributed by atoms with Crippen LogP contribution in [0.3, 0.4) is 0 Å². The number of furan rings is 1. The van der Waals surface area contributed by atoms with E-state index in [1.807, 2.05) is 72.8 Å². The molecular weight excluding hydrogens is 717 g/mol. The molecule has 12 aromatic rings. The second kappa shape index (κ2) is 12.6. The molecule has 0 N–H and O–H groups in total. The number of aromatic nitrogens is 4. The van der Waals surface area contributed by atoms with Crippen molar-refractivity contribution >= 4 is 75.3 Å². The molecule has 0 atom stereocenters. The average molecular weight is 752 g/mol. The number of rotatable bonds is 5. The lowest BCUT2D eigenvalue weighted by atomic mass is 10.0. The third kappa shape index (κ3) is 5.12. The van der Waals surface area contributed by atoms with Gasteiger partial charge in [0.05, 0.1) is 17.9 Å². The predicted molar refractivity (Wildman–Crippen MR) is 236 cm³/mol. The van der Waals surface area contributed by atoms with Crippen LogP contribution >= 0.6 is 11.3 Å². The summed E-state index contributed by atoms with van der Waals surface area (Å²) < 4.78 is 52.9. The van der Waals surface area contributed by atoms with Crippen LogP contribution in [0.5, 0.6) is 0 Å². The highest BCUT2D eigenvalue weighted by Gasteiger charge is 2.20. The van der Waals surface area contributed by atoms with Gasteiger partial charge in [0.2, 0.25) is 0 Å². The molecule has 0 aliphatic heterocycles. The molecule has 12 rings (SSSR count). The van der Waals surface area contributed by atoms with E-state index in [9.17, 15) is 0 Å². The molecule has 0 radical (unpaired) electrons. The summed E-state index contributed by atoms with van der Waals surface area (Å²) in [6.07, 6.45) is 0. The Hall–Kier alpha value is -7.41. The Labute approximate surface area is 337 Å².